The van der Waals surface area contributed by atoms with E-state index in [1.54, 1.807) is 0 Å². The third kappa shape index (κ3) is 4.60. The quantitative estimate of drug-likeness (QED) is 0.498. The van der Waals surface area contributed by atoms with Crippen molar-refractivity contribution in [1.29, 1.82) is 0 Å². The molecule has 0 aromatic carbocycles. The van der Waals surface area contributed by atoms with Crippen LogP contribution in [-0.4, -0.2) is 15.0 Å². The van der Waals surface area contributed by atoms with Gasteiger partial charge in [-0.1, -0.05) is 37.0 Å². The molecule has 0 aliphatic heterocycles. The lowest BCUT2D eigenvalue weighted by Gasteiger charge is -2.05. The van der Waals surface area contributed by atoms with Crippen molar-refractivity contribution in [2.24, 2.45) is 0 Å². The molecule has 0 aliphatic carbocycles. The molecule has 0 spiro atoms. The molecule has 16 heavy (non-hydrogen) atoms. The van der Waals surface area contributed by atoms with Gasteiger partial charge in [0.1, 0.15) is 0 Å². The van der Waals surface area contributed by atoms with Crippen LogP contribution in [0.2, 0.25) is 0 Å². The molecule has 3 heteroatoms. The molecule has 90 valence electrons. The molecule has 0 atom stereocenters. The Labute approximate surface area is 98.6 Å². The van der Waals surface area contributed by atoms with Crippen molar-refractivity contribution in [1.82, 2.24) is 15.0 Å². The Kier molecular flexibility index (Phi) is 5.83. The zero-order chi connectivity index (χ0) is 11.8. The summed E-state index contributed by atoms with van der Waals surface area (Å²) in [4.78, 5) is 0. The number of hydrogen-bond donors (Lipinski definition) is 0. The van der Waals surface area contributed by atoms with Crippen LogP contribution in [0.1, 0.15) is 51.6 Å². The van der Waals surface area contributed by atoms with Crippen molar-refractivity contribution in [3.8, 4) is 0 Å². The molecule has 0 aliphatic rings. The largest absolute Gasteiger partial charge is 0.249 e. The summed E-state index contributed by atoms with van der Waals surface area (Å²) in [7, 11) is 0. The van der Waals surface area contributed by atoms with E-state index in [2.05, 4.69) is 30.7 Å². The molecule has 0 saturated heterocycles. The maximum atomic E-state index is 4.13. The van der Waals surface area contributed by atoms with E-state index in [-0.39, 0.29) is 0 Å². The van der Waals surface area contributed by atoms with Crippen LogP contribution in [0, 0.1) is 0 Å². The van der Waals surface area contributed by atoms with Gasteiger partial charge in [0.25, 0.3) is 0 Å². The number of aromatic nitrogens is 3. The van der Waals surface area contributed by atoms with Gasteiger partial charge in [0.05, 0.1) is 11.9 Å². The van der Waals surface area contributed by atoms with Gasteiger partial charge in [-0.25, -0.2) is 4.68 Å². The first-order chi connectivity index (χ1) is 7.74. The SMILES string of the molecule is C=C(C)CCc1cnnn1CCCCCC. The maximum Gasteiger partial charge on any atom is 0.0725 e. The zero-order valence-corrected chi connectivity index (χ0v) is 10.6. The number of allylic oxidation sites excluding steroid dienone is 1. The minimum atomic E-state index is 1.01. The van der Waals surface area contributed by atoms with Crippen molar-refractivity contribution in [3.05, 3.63) is 24.0 Å². The summed E-state index contributed by atoms with van der Waals surface area (Å²) in [5, 5.41) is 8.11. The van der Waals surface area contributed by atoms with Crippen LogP contribution in [0.25, 0.3) is 0 Å². The summed E-state index contributed by atoms with van der Waals surface area (Å²) in [6.45, 7) is 9.22. The Balaban J connectivity index is 2.35. The molecule has 0 unspecified atom stereocenters. The molecular formula is C13H23N3. The number of aryl methyl sites for hydroxylation is 2. The Morgan fingerprint density at radius 3 is 2.88 bits per heavy atom. The zero-order valence-electron chi connectivity index (χ0n) is 10.6. The second kappa shape index (κ2) is 7.20. The number of rotatable bonds is 8. The highest BCUT2D eigenvalue weighted by Gasteiger charge is 2.03. The van der Waals surface area contributed by atoms with Crippen molar-refractivity contribution in [2.75, 3.05) is 0 Å². The summed E-state index contributed by atoms with van der Waals surface area (Å²) in [6.07, 6.45) is 9.00. The minimum absolute atomic E-state index is 1.01. The number of nitrogens with zero attached hydrogens (tertiary/aromatic N) is 3. The molecule has 0 radical (unpaired) electrons. The van der Waals surface area contributed by atoms with Gasteiger partial charge in [-0.2, -0.15) is 0 Å². The van der Waals surface area contributed by atoms with Crippen LogP contribution in [0.4, 0.5) is 0 Å². The van der Waals surface area contributed by atoms with E-state index in [1.807, 2.05) is 10.9 Å². The summed E-state index contributed by atoms with van der Waals surface area (Å²) < 4.78 is 2.04. The van der Waals surface area contributed by atoms with Gasteiger partial charge in [0, 0.05) is 6.54 Å². The van der Waals surface area contributed by atoms with E-state index in [1.165, 1.54) is 37.0 Å². The third-order valence-corrected chi connectivity index (χ3v) is 2.73. The standard InChI is InChI=1S/C13H23N3/c1-4-5-6-7-10-16-13(11-14-15-16)9-8-12(2)3/h11H,2,4-10H2,1,3H3. The van der Waals surface area contributed by atoms with Crippen molar-refractivity contribution >= 4 is 0 Å². The van der Waals surface area contributed by atoms with E-state index in [0.717, 1.165) is 19.4 Å². The summed E-state index contributed by atoms with van der Waals surface area (Å²) >= 11 is 0. The predicted octanol–water partition coefficient (Wildman–Crippen LogP) is 3.37. The molecule has 0 saturated carbocycles. The van der Waals surface area contributed by atoms with Gasteiger partial charge < -0.3 is 0 Å². The second-order valence-corrected chi connectivity index (χ2v) is 4.47. The van der Waals surface area contributed by atoms with Crippen LogP contribution in [-0.2, 0) is 13.0 Å². The van der Waals surface area contributed by atoms with Crippen molar-refractivity contribution < 1.29 is 0 Å². The van der Waals surface area contributed by atoms with E-state index in [0.29, 0.717) is 0 Å². The molecule has 1 rings (SSSR count). The molecule has 0 fully saturated rings. The Morgan fingerprint density at radius 1 is 1.38 bits per heavy atom. The van der Waals surface area contributed by atoms with Crippen molar-refractivity contribution in [3.63, 3.8) is 0 Å². The molecule has 0 amide bonds. The minimum Gasteiger partial charge on any atom is -0.249 e. The lowest BCUT2D eigenvalue weighted by atomic mass is 10.1. The predicted molar refractivity (Wildman–Crippen MR) is 67.3 cm³/mol. The molecule has 1 aromatic rings. The fourth-order valence-electron chi connectivity index (χ4n) is 1.69. The molecule has 0 bridgehead atoms. The highest BCUT2D eigenvalue weighted by atomic mass is 15.4. The lowest BCUT2D eigenvalue weighted by Crippen LogP contribution is -2.05. The molecule has 1 aromatic heterocycles. The summed E-state index contributed by atoms with van der Waals surface area (Å²) in [6, 6.07) is 0. The highest BCUT2D eigenvalue weighted by molar-refractivity contribution is 4.99. The van der Waals surface area contributed by atoms with Crippen LogP contribution in [0.5, 0.6) is 0 Å². The average molecular weight is 221 g/mol. The molecule has 3 nitrogen and oxygen atoms in total. The van der Waals surface area contributed by atoms with E-state index < -0.39 is 0 Å². The average Bonchev–Trinajstić information content (AvgIpc) is 2.69. The second-order valence-electron chi connectivity index (χ2n) is 4.47. The first kappa shape index (κ1) is 12.9. The third-order valence-electron chi connectivity index (χ3n) is 2.73. The smallest absolute Gasteiger partial charge is 0.0725 e. The Bertz CT molecular complexity index is 315. The van der Waals surface area contributed by atoms with E-state index in [4.69, 9.17) is 0 Å². The topological polar surface area (TPSA) is 30.7 Å². The van der Waals surface area contributed by atoms with Gasteiger partial charge in [0.15, 0.2) is 0 Å². The van der Waals surface area contributed by atoms with Crippen LogP contribution in [0.3, 0.4) is 0 Å². The number of hydrogen-bond acceptors (Lipinski definition) is 2. The van der Waals surface area contributed by atoms with Crippen LogP contribution >= 0.6 is 0 Å². The molecule has 1 heterocycles. The first-order valence-corrected chi connectivity index (χ1v) is 6.25. The van der Waals surface area contributed by atoms with Crippen LogP contribution < -0.4 is 0 Å². The fraction of sp³-hybridized carbons (Fsp3) is 0.692. The summed E-state index contributed by atoms with van der Waals surface area (Å²) in [5.41, 5.74) is 2.46. The normalized spacial score (nSPS) is 10.6. The van der Waals surface area contributed by atoms with Gasteiger partial charge in [-0.05, 0) is 26.2 Å². The molecule has 0 N–H and O–H groups in total. The van der Waals surface area contributed by atoms with Gasteiger partial charge in [-0.15, -0.1) is 11.7 Å². The highest BCUT2D eigenvalue weighted by Crippen LogP contribution is 2.08. The first-order valence-electron chi connectivity index (χ1n) is 6.25. The monoisotopic (exact) mass is 221 g/mol. The Morgan fingerprint density at radius 2 is 2.19 bits per heavy atom. The van der Waals surface area contributed by atoms with Crippen LogP contribution in [0.15, 0.2) is 18.3 Å². The molecular weight excluding hydrogens is 198 g/mol. The number of unbranched alkanes of at least 4 members (excludes halogenated alkanes) is 3. The van der Waals surface area contributed by atoms with E-state index in [9.17, 15) is 0 Å². The Hall–Kier alpha value is -1.12. The maximum absolute atomic E-state index is 4.13. The lowest BCUT2D eigenvalue weighted by molar-refractivity contribution is 0.511. The van der Waals surface area contributed by atoms with Crippen molar-refractivity contribution in [2.45, 2.75) is 58.9 Å². The van der Waals surface area contributed by atoms with Gasteiger partial charge >= 0.3 is 0 Å². The van der Waals surface area contributed by atoms with Gasteiger partial charge in [-0.3, -0.25) is 0 Å². The van der Waals surface area contributed by atoms with E-state index >= 15 is 0 Å². The summed E-state index contributed by atoms with van der Waals surface area (Å²) in [5.74, 6) is 0. The fourth-order valence-corrected chi connectivity index (χ4v) is 1.69. The van der Waals surface area contributed by atoms with Gasteiger partial charge in [0.2, 0.25) is 0 Å².